The molecule has 0 aromatic heterocycles. The normalized spacial score (nSPS) is 11.3. The van der Waals surface area contributed by atoms with E-state index in [4.69, 9.17) is 9.84 Å². The van der Waals surface area contributed by atoms with Crippen LogP contribution in [0.25, 0.3) is 0 Å². The van der Waals surface area contributed by atoms with E-state index in [1.54, 1.807) is 19.2 Å². The second-order valence-electron chi connectivity index (χ2n) is 5.38. The number of methoxy groups -OCH3 is 1. The molecule has 118 valence electrons. The highest BCUT2D eigenvalue weighted by atomic mass is 16.5. The van der Waals surface area contributed by atoms with Crippen LogP contribution < -0.4 is 0 Å². The number of carboxylic acids is 1. The van der Waals surface area contributed by atoms with Crippen molar-refractivity contribution in [1.29, 1.82) is 0 Å². The van der Waals surface area contributed by atoms with Gasteiger partial charge in [-0.15, -0.1) is 0 Å². The molecular formula is C17H27NO3. The van der Waals surface area contributed by atoms with Crippen LogP contribution in [0.4, 0.5) is 0 Å². The standard InChI is InChI=1S/C17H27NO3/c1-5-16(6-2)18(9-10-21-4)12-15-8-7-14(17(19)20)11-13(15)3/h7-8,11,16H,5-6,9-10,12H2,1-4H3,(H,19,20). The van der Waals surface area contributed by atoms with Gasteiger partial charge in [0.15, 0.2) is 0 Å². The molecule has 0 radical (unpaired) electrons. The van der Waals surface area contributed by atoms with E-state index in [9.17, 15) is 4.79 Å². The van der Waals surface area contributed by atoms with Crippen molar-refractivity contribution in [2.45, 2.75) is 46.2 Å². The van der Waals surface area contributed by atoms with E-state index in [1.807, 2.05) is 13.0 Å². The number of hydrogen-bond donors (Lipinski definition) is 1. The molecule has 21 heavy (non-hydrogen) atoms. The third-order valence-corrected chi connectivity index (χ3v) is 4.00. The molecule has 4 nitrogen and oxygen atoms in total. The Labute approximate surface area is 127 Å². The van der Waals surface area contributed by atoms with Crippen molar-refractivity contribution < 1.29 is 14.6 Å². The van der Waals surface area contributed by atoms with Crippen molar-refractivity contribution in [1.82, 2.24) is 4.90 Å². The van der Waals surface area contributed by atoms with Gasteiger partial charge in [0.2, 0.25) is 0 Å². The third kappa shape index (κ3) is 5.14. The first-order valence-electron chi connectivity index (χ1n) is 7.59. The highest BCUT2D eigenvalue weighted by Gasteiger charge is 2.16. The van der Waals surface area contributed by atoms with Crippen molar-refractivity contribution in [3.05, 3.63) is 34.9 Å². The molecule has 0 aliphatic rings. The summed E-state index contributed by atoms with van der Waals surface area (Å²) in [6, 6.07) is 5.89. The van der Waals surface area contributed by atoms with E-state index in [0.29, 0.717) is 18.2 Å². The zero-order valence-electron chi connectivity index (χ0n) is 13.6. The summed E-state index contributed by atoms with van der Waals surface area (Å²) in [5.74, 6) is -0.874. The van der Waals surface area contributed by atoms with E-state index in [0.717, 1.165) is 31.5 Å². The summed E-state index contributed by atoms with van der Waals surface area (Å²) in [6.07, 6.45) is 2.21. The monoisotopic (exact) mass is 293 g/mol. The minimum absolute atomic E-state index is 0.349. The lowest BCUT2D eigenvalue weighted by atomic mass is 10.0. The van der Waals surface area contributed by atoms with E-state index in [2.05, 4.69) is 18.7 Å². The molecule has 0 spiro atoms. The van der Waals surface area contributed by atoms with Crippen LogP contribution in [0.5, 0.6) is 0 Å². The smallest absolute Gasteiger partial charge is 0.335 e. The Morgan fingerprint density at radius 3 is 2.48 bits per heavy atom. The first-order chi connectivity index (χ1) is 10.0. The maximum Gasteiger partial charge on any atom is 0.335 e. The van der Waals surface area contributed by atoms with Crippen molar-refractivity contribution in [2.75, 3.05) is 20.3 Å². The highest BCUT2D eigenvalue weighted by molar-refractivity contribution is 5.87. The summed E-state index contributed by atoms with van der Waals surface area (Å²) >= 11 is 0. The van der Waals surface area contributed by atoms with E-state index in [-0.39, 0.29) is 0 Å². The average Bonchev–Trinajstić information content (AvgIpc) is 2.47. The van der Waals surface area contributed by atoms with E-state index < -0.39 is 5.97 Å². The van der Waals surface area contributed by atoms with Crippen LogP contribution in [0.3, 0.4) is 0 Å². The lowest BCUT2D eigenvalue weighted by molar-refractivity contribution is 0.0696. The number of benzene rings is 1. The molecule has 0 saturated carbocycles. The van der Waals surface area contributed by atoms with Gasteiger partial charge in [0.25, 0.3) is 0 Å². The zero-order valence-corrected chi connectivity index (χ0v) is 13.6. The summed E-state index contributed by atoms with van der Waals surface area (Å²) in [6.45, 7) is 8.82. The molecule has 0 fully saturated rings. The number of rotatable bonds is 9. The predicted octanol–water partition coefficient (Wildman–Crippen LogP) is 3.33. The molecule has 0 amide bonds. The van der Waals surface area contributed by atoms with Crippen molar-refractivity contribution in [2.24, 2.45) is 0 Å². The molecule has 0 atom stereocenters. The molecule has 0 aliphatic carbocycles. The van der Waals surface area contributed by atoms with Crippen LogP contribution in [0.1, 0.15) is 48.2 Å². The first kappa shape index (κ1) is 17.7. The molecule has 0 aliphatic heterocycles. The fourth-order valence-electron chi connectivity index (χ4n) is 2.63. The van der Waals surface area contributed by atoms with Gasteiger partial charge in [0.1, 0.15) is 0 Å². The topological polar surface area (TPSA) is 49.8 Å². The second-order valence-corrected chi connectivity index (χ2v) is 5.38. The average molecular weight is 293 g/mol. The van der Waals surface area contributed by atoms with Gasteiger partial charge >= 0.3 is 5.97 Å². The Morgan fingerprint density at radius 1 is 1.33 bits per heavy atom. The lowest BCUT2D eigenvalue weighted by Gasteiger charge is -2.30. The van der Waals surface area contributed by atoms with Gasteiger partial charge in [-0.3, -0.25) is 4.90 Å². The molecule has 0 unspecified atom stereocenters. The molecule has 0 bridgehead atoms. The SMILES string of the molecule is CCC(CC)N(CCOC)Cc1ccc(C(=O)O)cc1C. The minimum Gasteiger partial charge on any atom is -0.478 e. The zero-order chi connectivity index (χ0) is 15.8. The van der Waals surface area contributed by atoms with Crippen LogP contribution in [0.2, 0.25) is 0 Å². The number of carboxylic acid groups (broad SMARTS) is 1. The Balaban J connectivity index is 2.89. The van der Waals surface area contributed by atoms with Crippen molar-refractivity contribution in [3.63, 3.8) is 0 Å². The first-order valence-corrected chi connectivity index (χ1v) is 7.59. The molecule has 0 heterocycles. The maximum atomic E-state index is 11.0. The Kier molecular flexibility index (Phi) is 7.40. The number of aryl methyl sites for hydroxylation is 1. The summed E-state index contributed by atoms with van der Waals surface area (Å²) in [5, 5.41) is 9.04. The number of ether oxygens (including phenoxy) is 1. The quantitative estimate of drug-likeness (QED) is 0.758. The summed E-state index contributed by atoms with van der Waals surface area (Å²) in [5.41, 5.74) is 2.56. The van der Waals surface area contributed by atoms with E-state index in [1.165, 1.54) is 5.56 Å². The molecule has 1 N–H and O–H groups in total. The van der Waals surface area contributed by atoms with Crippen LogP contribution in [-0.2, 0) is 11.3 Å². The van der Waals surface area contributed by atoms with Gasteiger partial charge in [-0.05, 0) is 43.0 Å². The summed E-state index contributed by atoms with van der Waals surface area (Å²) < 4.78 is 5.21. The predicted molar refractivity (Wildman–Crippen MR) is 84.8 cm³/mol. The fraction of sp³-hybridized carbons (Fsp3) is 0.588. The number of hydrogen-bond acceptors (Lipinski definition) is 3. The summed E-state index contributed by atoms with van der Waals surface area (Å²) in [7, 11) is 1.72. The van der Waals surface area contributed by atoms with Crippen LogP contribution in [-0.4, -0.2) is 42.3 Å². The highest BCUT2D eigenvalue weighted by Crippen LogP contribution is 2.17. The second kappa shape index (κ2) is 8.80. The van der Waals surface area contributed by atoms with Crippen molar-refractivity contribution in [3.8, 4) is 0 Å². The lowest BCUT2D eigenvalue weighted by Crippen LogP contribution is -2.36. The van der Waals surface area contributed by atoms with Gasteiger partial charge in [-0.1, -0.05) is 19.9 Å². The van der Waals surface area contributed by atoms with Crippen molar-refractivity contribution >= 4 is 5.97 Å². The Hall–Kier alpha value is -1.39. The van der Waals surface area contributed by atoms with Gasteiger partial charge in [-0.25, -0.2) is 4.79 Å². The van der Waals surface area contributed by atoms with E-state index >= 15 is 0 Å². The third-order valence-electron chi connectivity index (χ3n) is 4.00. The molecule has 0 saturated heterocycles. The number of nitrogens with zero attached hydrogens (tertiary/aromatic N) is 1. The van der Waals surface area contributed by atoms with Crippen LogP contribution in [0.15, 0.2) is 18.2 Å². The van der Waals surface area contributed by atoms with Gasteiger partial charge in [0.05, 0.1) is 12.2 Å². The van der Waals surface area contributed by atoms with Gasteiger partial charge in [-0.2, -0.15) is 0 Å². The van der Waals surface area contributed by atoms with Crippen LogP contribution in [0, 0.1) is 6.92 Å². The number of aromatic carboxylic acids is 1. The Morgan fingerprint density at radius 2 is 2.00 bits per heavy atom. The number of carbonyl (C=O) groups is 1. The fourth-order valence-corrected chi connectivity index (χ4v) is 2.63. The van der Waals surface area contributed by atoms with Gasteiger partial charge in [0, 0.05) is 26.2 Å². The maximum absolute atomic E-state index is 11.0. The molecule has 4 heteroatoms. The molecular weight excluding hydrogens is 266 g/mol. The summed E-state index contributed by atoms with van der Waals surface area (Å²) in [4.78, 5) is 13.4. The molecule has 1 aromatic carbocycles. The van der Waals surface area contributed by atoms with Crippen LogP contribution >= 0.6 is 0 Å². The largest absolute Gasteiger partial charge is 0.478 e. The molecule has 1 rings (SSSR count). The van der Waals surface area contributed by atoms with Gasteiger partial charge < -0.3 is 9.84 Å². The Bertz CT molecular complexity index is 455. The minimum atomic E-state index is -0.874. The molecule has 1 aromatic rings.